The van der Waals surface area contributed by atoms with Crippen LogP contribution in [0.2, 0.25) is 0 Å². The molecular formula is C14H15BrN2O2. The quantitative estimate of drug-likeness (QED) is 0.940. The Balaban J connectivity index is 2.34. The molecule has 0 aliphatic carbocycles. The molecule has 1 N–H and O–H groups in total. The lowest BCUT2D eigenvalue weighted by molar-refractivity contribution is -0.137. The molecule has 0 unspecified atom stereocenters. The molecule has 0 saturated heterocycles. The summed E-state index contributed by atoms with van der Waals surface area (Å²) < 4.78 is 2.76. The average Bonchev–Trinajstić information content (AvgIpc) is 2.65. The van der Waals surface area contributed by atoms with E-state index in [1.807, 2.05) is 42.8 Å². The Labute approximate surface area is 120 Å². The molecule has 0 aliphatic rings. The van der Waals surface area contributed by atoms with Crippen LogP contribution in [-0.2, 0) is 18.3 Å². The molecule has 19 heavy (non-hydrogen) atoms. The normalized spacial score (nSPS) is 10.7. The third-order valence-corrected chi connectivity index (χ3v) is 3.91. The van der Waals surface area contributed by atoms with E-state index in [2.05, 4.69) is 20.9 Å². The van der Waals surface area contributed by atoms with Gasteiger partial charge in [-0.2, -0.15) is 0 Å². The molecule has 2 aromatic rings. The molecular weight excluding hydrogens is 308 g/mol. The van der Waals surface area contributed by atoms with Crippen LogP contribution in [0.4, 0.5) is 0 Å². The van der Waals surface area contributed by atoms with Crippen molar-refractivity contribution >= 4 is 21.9 Å². The van der Waals surface area contributed by atoms with Gasteiger partial charge >= 0.3 is 5.97 Å². The number of hydrogen-bond acceptors (Lipinski definition) is 2. The van der Waals surface area contributed by atoms with Crippen molar-refractivity contribution in [2.75, 3.05) is 0 Å². The number of benzene rings is 1. The standard InChI is InChI=1S/C14H15BrN2O2/c1-9-3-5-10(6-4-9)13-14(15)17(2)11(16-13)7-8-12(18)19/h3-6H,7-8H2,1-2H3,(H,18,19). The molecule has 0 atom stereocenters. The number of hydrogen-bond donors (Lipinski definition) is 1. The number of imidazole rings is 1. The molecule has 0 amide bonds. The first-order valence-corrected chi connectivity index (χ1v) is 6.78. The summed E-state index contributed by atoms with van der Waals surface area (Å²) in [7, 11) is 1.88. The highest BCUT2D eigenvalue weighted by Gasteiger charge is 2.14. The number of aromatic nitrogens is 2. The molecule has 0 saturated carbocycles. The van der Waals surface area contributed by atoms with Crippen LogP contribution < -0.4 is 0 Å². The lowest BCUT2D eigenvalue weighted by atomic mass is 10.1. The predicted molar refractivity (Wildman–Crippen MR) is 77.0 cm³/mol. The first-order valence-electron chi connectivity index (χ1n) is 5.99. The highest BCUT2D eigenvalue weighted by atomic mass is 79.9. The molecule has 100 valence electrons. The van der Waals surface area contributed by atoms with Crippen molar-refractivity contribution in [3.63, 3.8) is 0 Å². The minimum Gasteiger partial charge on any atom is -0.481 e. The van der Waals surface area contributed by atoms with Crippen molar-refractivity contribution in [2.24, 2.45) is 7.05 Å². The van der Waals surface area contributed by atoms with Gasteiger partial charge in [-0.25, -0.2) is 4.98 Å². The van der Waals surface area contributed by atoms with Gasteiger partial charge < -0.3 is 9.67 Å². The fourth-order valence-electron chi connectivity index (χ4n) is 1.86. The van der Waals surface area contributed by atoms with Crippen molar-refractivity contribution in [2.45, 2.75) is 19.8 Å². The van der Waals surface area contributed by atoms with E-state index in [9.17, 15) is 4.79 Å². The Morgan fingerprint density at radius 3 is 2.58 bits per heavy atom. The van der Waals surface area contributed by atoms with E-state index < -0.39 is 5.97 Å². The number of aliphatic carboxylic acids is 1. The molecule has 5 heteroatoms. The highest BCUT2D eigenvalue weighted by molar-refractivity contribution is 9.10. The average molecular weight is 323 g/mol. The SMILES string of the molecule is Cc1ccc(-c2nc(CCC(=O)O)n(C)c2Br)cc1. The maximum Gasteiger partial charge on any atom is 0.303 e. The summed E-state index contributed by atoms with van der Waals surface area (Å²) in [6, 6.07) is 8.10. The minimum absolute atomic E-state index is 0.0879. The molecule has 0 bridgehead atoms. The number of carboxylic acids is 1. The van der Waals surface area contributed by atoms with Gasteiger partial charge in [0.1, 0.15) is 16.1 Å². The Hall–Kier alpha value is -1.62. The van der Waals surface area contributed by atoms with E-state index in [0.717, 1.165) is 21.7 Å². The summed E-state index contributed by atoms with van der Waals surface area (Å²) in [5, 5.41) is 8.74. The lowest BCUT2D eigenvalue weighted by Gasteiger charge is -2.00. The Morgan fingerprint density at radius 2 is 2.00 bits per heavy atom. The second-order valence-electron chi connectivity index (χ2n) is 4.49. The van der Waals surface area contributed by atoms with E-state index in [1.54, 1.807) is 0 Å². The molecule has 1 aromatic carbocycles. The van der Waals surface area contributed by atoms with Gasteiger partial charge in [0, 0.05) is 19.0 Å². The Kier molecular flexibility index (Phi) is 4.04. The van der Waals surface area contributed by atoms with Crippen molar-refractivity contribution in [3.05, 3.63) is 40.3 Å². The summed E-state index contributed by atoms with van der Waals surface area (Å²) in [6.45, 7) is 2.04. The Morgan fingerprint density at radius 1 is 1.37 bits per heavy atom. The molecule has 0 fully saturated rings. The molecule has 0 radical (unpaired) electrons. The van der Waals surface area contributed by atoms with Gasteiger partial charge in [-0.05, 0) is 22.9 Å². The molecule has 4 nitrogen and oxygen atoms in total. The zero-order chi connectivity index (χ0) is 14.0. The first-order chi connectivity index (χ1) is 8.99. The summed E-state index contributed by atoms with van der Waals surface area (Å²) in [5.41, 5.74) is 3.07. The van der Waals surface area contributed by atoms with Crippen LogP contribution in [-0.4, -0.2) is 20.6 Å². The first kappa shape index (κ1) is 13.8. The summed E-state index contributed by atoms with van der Waals surface area (Å²) in [6.07, 6.45) is 0.515. The van der Waals surface area contributed by atoms with Gasteiger partial charge in [0.05, 0.1) is 6.42 Å². The van der Waals surface area contributed by atoms with E-state index in [0.29, 0.717) is 6.42 Å². The van der Waals surface area contributed by atoms with Crippen LogP contribution in [0.1, 0.15) is 17.8 Å². The monoisotopic (exact) mass is 322 g/mol. The van der Waals surface area contributed by atoms with E-state index >= 15 is 0 Å². The van der Waals surface area contributed by atoms with Gasteiger partial charge in [-0.15, -0.1) is 0 Å². The summed E-state index contributed by atoms with van der Waals surface area (Å²) >= 11 is 3.52. The maximum atomic E-state index is 10.6. The summed E-state index contributed by atoms with van der Waals surface area (Å²) in [5.74, 6) is -0.0409. The van der Waals surface area contributed by atoms with Crippen LogP contribution in [0.25, 0.3) is 11.3 Å². The molecule has 0 aliphatic heterocycles. The number of rotatable bonds is 4. The number of aryl methyl sites for hydroxylation is 2. The topological polar surface area (TPSA) is 55.1 Å². The summed E-state index contributed by atoms with van der Waals surface area (Å²) in [4.78, 5) is 15.2. The van der Waals surface area contributed by atoms with Crippen molar-refractivity contribution in [1.29, 1.82) is 0 Å². The van der Waals surface area contributed by atoms with Crippen LogP contribution in [0.5, 0.6) is 0 Å². The van der Waals surface area contributed by atoms with Gasteiger partial charge in [0.15, 0.2) is 0 Å². The largest absolute Gasteiger partial charge is 0.481 e. The van der Waals surface area contributed by atoms with E-state index in [4.69, 9.17) is 5.11 Å². The number of carbonyl (C=O) groups is 1. The molecule has 2 rings (SSSR count). The zero-order valence-electron chi connectivity index (χ0n) is 10.9. The Bertz CT molecular complexity index is 603. The predicted octanol–water partition coefficient (Wildman–Crippen LogP) is 3.18. The molecule has 1 heterocycles. The van der Waals surface area contributed by atoms with Crippen molar-refractivity contribution < 1.29 is 9.90 Å². The smallest absolute Gasteiger partial charge is 0.303 e. The van der Waals surface area contributed by atoms with Crippen molar-refractivity contribution in [1.82, 2.24) is 9.55 Å². The van der Waals surface area contributed by atoms with Crippen molar-refractivity contribution in [3.8, 4) is 11.3 Å². The van der Waals surface area contributed by atoms with Gasteiger partial charge in [-0.3, -0.25) is 4.79 Å². The van der Waals surface area contributed by atoms with Gasteiger partial charge in [0.2, 0.25) is 0 Å². The van der Waals surface area contributed by atoms with Gasteiger partial charge in [-0.1, -0.05) is 29.8 Å². The zero-order valence-corrected chi connectivity index (χ0v) is 12.4. The molecule has 1 aromatic heterocycles. The van der Waals surface area contributed by atoms with Gasteiger partial charge in [0.25, 0.3) is 0 Å². The maximum absolute atomic E-state index is 10.6. The van der Waals surface area contributed by atoms with Crippen LogP contribution >= 0.6 is 15.9 Å². The number of nitrogens with zero attached hydrogens (tertiary/aromatic N) is 2. The minimum atomic E-state index is -0.809. The third-order valence-electron chi connectivity index (χ3n) is 3.01. The number of halogens is 1. The fourth-order valence-corrected chi connectivity index (χ4v) is 2.38. The van der Waals surface area contributed by atoms with Crippen LogP contribution in [0.3, 0.4) is 0 Å². The second-order valence-corrected chi connectivity index (χ2v) is 5.24. The van der Waals surface area contributed by atoms with Crippen LogP contribution in [0, 0.1) is 6.92 Å². The van der Waals surface area contributed by atoms with Crippen LogP contribution in [0.15, 0.2) is 28.9 Å². The second kappa shape index (κ2) is 5.57. The number of carboxylic acid groups (broad SMARTS) is 1. The molecule has 0 spiro atoms. The lowest BCUT2D eigenvalue weighted by Crippen LogP contribution is -2.03. The fraction of sp³-hybridized carbons (Fsp3) is 0.286. The highest BCUT2D eigenvalue weighted by Crippen LogP contribution is 2.28. The van der Waals surface area contributed by atoms with E-state index in [1.165, 1.54) is 5.56 Å². The third kappa shape index (κ3) is 3.04. The van der Waals surface area contributed by atoms with E-state index in [-0.39, 0.29) is 6.42 Å².